The molecule has 2 aliphatic carbocycles. The Labute approximate surface area is 196 Å². The minimum absolute atomic E-state index is 0.00192. The van der Waals surface area contributed by atoms with Crippen molar-refractivity contribution < 1.29 is 24.2 Å². The van der Waals surface area contributed by atoms with Crippen molar-refractivity contribution in [3.05, 3.63) is 83.7 Å². The van der Waals surface area contributed by atoms with Crippen LogP contribution in [0.1, 0.15) is 33.8 Å². The lowest BCUT2D eigenvalue weighted by atomic mass is 9.98. The molecule has 2 atom stereocenters. The maximum atomic E-state index is 12.4. The second-order valence-corrected chi connectivity index (χ2v) is 8.57. The van der Waals surface area contributed by atoms with Crippen LogP contribution in [0.5, 0.6) is 0 Å². The molecular formula is C26H23N3O5. The van der Waals surface area contributed by atoms with Gasteiger partial charge >= 0.3 is 12.1 Å². The van der Waals surface area contributed by atoms with E-state index in [1.165, 1.54) is 29.6 Å². The molecule has 1 saturated carbocycles. The van der Waals surface area contributed by atoms with Gasteiger partial charge in [-0.15, -0.1) is 0 Å². The highest BCUT2D eigenvalue weighted by Gasteiger charge is 2.43. The fourth-order valence-corrected chi connectivity index (χ4v) is 4.52. The average Bonchev–Trinajstić information content (AvgIpc) is 3.57. The predicted octanol–water partition coefficient (Wildman–Crippen LogP) is 3.89. The number of hydrogen-bond donors (Lipinski definition) is 3. The van der Waals surface area contributed by atoms with Crippen LogP contribution in [0.25, 0.3) is 11.1 Å². The monoisotopic (exact) mass is 457 g/mol. The number of hydrogen-bond acceptors (Lipinski definition) is 5. The number of nitrogens with zero attached hydrogens (tertiary/aromatic N) is 1. The minimum atomic E-state index is -1.11. The lowest BCUT2D eigenvalue weighted by molar-refractivity contribution is -0.117. The average molecular weight is 457 g/mol. The number of carbonyl (C=O) groups excluding carboxylic acids is 2. The van der Waals surface area contributed by atoms with Crippen LogP contribution in [-0.4, -0.2) is 41.2 Å². The summed E-state index contributed by atoms with van der Waals surface area (Å²) in [5.41, 5.74) is 4.97. The van der Waals surface area contributed by atoms with E-state index in [0.717, 1.165) is 11.1 Å². The van der Waals surface area contributed by atoms with Crippen LogP contribution in [0.15, 0.2) is 67.0 Å². The van der Waals surface area contributed by atoms with E-state index in [4.69, 9.17) is 9.84 Å². The Morgan fingerprint density at radius 3 is 2.35 bits per heavy atom. The molecule has 0 bridgehead atoms. The zero-order chi connectivity index (χ0) is 23.7. The quantitative estimate of drug-likeness (QED) is 0.495. The number of amides is 2. The van der Waals surface area contributed by atoms with Crippen LogP contribution in [0.3, 0.4) is 0 Å². The second kappa shape index (κ2) is 8.97. The van der Waals surface area contributed by atoms with Crippen molar-refractivity contribution in [1.82, 2.24) is 10.3 Å². The lowest BCUT2D eigenvalue weighted by Crippen LogP contribution is -2.29. The fourth-order valence-electron chi connectivity index (χ4n) is 4.52. The molecule has 34 heavy (non-hydrogen) atoms. The van der Waals surface area contributed by atoms with E-state index in [2.05, 4.69) is 39.9 Å². The number of aromatic nitrogens is 1. The van der Waals surface area contributed by atoms with E-state index < -0.39 is 12.1 Å². The van der Waals surface area contributed by atoms with Gasteiger partial charge < -0.3 is 20.5 Å². The number of anilines is 1. The van der Waals surface area contributed by atoms with E-state index in [0.29, 0.717) is 18.7 Å². The van der Waals surface area contributed by atoms with Crippen LogP contribution in [0.2, 0.25) is 0 Å². The number of benzene rings is 2. The van der Waals surface area contributed by atoms with Gasteiger partial charge in [-0.2, -0.15) is 0 Å². The number of alkyl carbamates (subject to hydrolysis) is 1. The smallest absolute Gasteiger partial charge is 0.407 e. The van der Waals surface area contributed by atoms with Gasteiger partial charge in [0.1, 0.15) is 6.61 Å². The third-order valence-electron chi connectivity index (χ3n) is 6.36. The molecule has 172 valence electrons. The van der Waals surface area contributed by atoms with Gasteiger partial charge in [-0.3, -0.25) is 9.78 Å². The number of fused-ring (bicyclic) bond motifs is 3. The van der Waals surface area contributed by atoms with Crippen molar-refractivity contribution in [2.24, 2.45) is 11.8 Å². The Morgan fingerprint density at radius 1 is 1.00 bits per heavy atom. The molecule has 2 aliphatic rings. The third-order valence-corrected chi connectivity index (χ3v) is 6.36. The number of carboxylic acid groups (broad SMARTS) is 1. The minimum Gasteiger partial charge on any atom is -0.478 e. The number of carboxylic acids is 1. The molecule has 0 radical (unpaired) electrons. The molecule has 8 heteroatoms. The number of carbonyl (C=O) groups is 3. The number of nitrogens with one attached hydrogen (secondary N) is 2. The van der Waals surface area contributed by atoms with E-state index in [1.54, 1.807) is 0 Å². The summed E-state index contributed by atoms with van der Waals surface area (Å²) in [5, 5.41) is 14.5. The fraction of sp³-hybridized carbons (Fsp3) is 0.231. The molecule has 2 aromatic carbocycles. The molecule has 3 aromatic rings. The first-order valence-corrected chi connectivity index (χ1v) is 11.1. The molecule has 5 rings (SSSR count). The summed E-state index contributed by atoms with van der Waals surface area (Å²) in [7, 11) is 0. The Hall–Kier alpha value is -4.20. The second-order valence-electron chi connectivity index (χ2n) is 8.57. The van der Waals surface area contributed by atoms with E-state index in [1.807, 2.05) is 24.3 Å². The highest BCUT2D eigenvalue weighted by atomic mass is 16.5. The van der Waals surface area contributed by atoms with E-state index >= 15 is 0 Å². The summed E-state index contributed by atoms with van der Waals surface area (Å²) in [6.07, 6.45) is 2.75. The normalized spacial score (nSPS) is 17.9. The van der Waals surface area contributed by atoms with Crippen molar-refractivity contribution >= 4 is 23.7 Å². The Balaban J connectivity index is 1.10. The van der Waals surface area contributed by atoms with E-state index in [-0.39, 0.29) is 35.8 Å². The predicted molar refractivity (Wildman–Crippen MR) is 124 cm³/mol. The van der Waals surface area contributed by atoms with Gasteiger partial charge in [-0.05, 0) is 40.7 Å². The molecule has 0 saturated heterocycles. The maximum Gasteiger partial charge on any atom is 0.407 e. The zero-order valence-corrected chi connectivity index (χ0v) is 18.2. The highest BCUT2D eigenvalue weighted by Crippen LogP contribution is 2.44. The van der Waals surface area contributed by atoms with Crippen LogP contribution in [-0.2, 0) is 9.53 Å². The number of rotatable bonds is 7. The Kier molecular flexibility index (Phi) is 5.71. The SMILES string of the molecule is O=C(NC[C@@H]1C[C@@H]1C(=O)Nc1cncc(C(=O)O)c1)OCC1c2ccccc2-c2ccccc21. The molecule has 1 aromatic heterocycles. The van der Waals surface area contributed by atoms with Gasteiger partial charge in [0, 0.05) is 24.6 Å². The van der Waals surface area contributed by atoms with Gasteiger partial charge in [0.15, 0.2) is 0 Å². The molecule has 3 N–H and O–H groups in total. The number of aromatic carboxylic acids is 1. The number of pyridine rings is 1. The molecule has 1 fully saturated rings. The van der Waals surface area contributed by atoms with Gasteiger partial charge in [-0.25, -0.2) is 9.59 Å². The maximum absolute atomic E-state index is 12.4. The first kappa shape index (κ1) is 21.6. The molecule has 0 unspecified atom stereocenters. The molecule has 8 nitrogen and oxygen atoms in total. The summed E-state index contributed by atoms with van der Waals surface area (Å²) in [4.78, 5) is 39.6. The van der Waals surface area contributed by atoms with Crippen LogP contribution in [0, 0.1) is 11.8 Å². The Bertz CT molecular complexity index is 1230. The third kappa shape index (κ3) is 4.34. The standard InChI is InChI=1S/C26H23N3O5/c30-24(29-17-9-16(25(31)32)11-27-13-17)22-10-15(22)12-28-26(33)34-14-23-20-7-3-1-5-18(20)19-6-2-4-8-21(19)23/h1-9,11,13,15,22-23H,10,12,14H2,(H,28,33)(H,29,30)(H,31,32)/t15-,22-/m0/s1. The van der Waals surface area contributed by atoms with Gasteiger partial charge in [-0.1, -0.05) is 48.5 Å². The molecular weight excluding hydrogens is 434 g/mol. The summed E-state index contributed by atoms with van der Waals surface area (Å²) >= 11 is 0. The lowest BCUT2D eigenvalue weighted by Gasteiger charge is -2.14. The Morgan fingerprint density at radius 2 is 1.68 bits per heavy atom. The molecule has 2 amide bonds. The first-order valence-electron chi connectivity index (χ1n) is 11.1. The van der Waals surface area contributed by atoms with Crippen molar-refractivity contribution in [2.45, 2.75) is 12.3 Å². The first-order chi connectivity index (χ1) is 16.5. The van der Waals surface area contributed by atoms with Crippen molar-refractivity contribution in [2.75, 3.05) is 18.5 Å². The summed E-state index contributed by atoms with van der Waals surface area (Å²) < 4.78 is 5.53. The van der Waals surface area contributed by atoms with Crippen LogP contribution < -0.4 is 10.6 Å². The topological polar surface area (TPSA) is 118 Å². The van der Waals surface area contributed by atoms with Gasteiger partial charge in [0.2, 0.25) is 5.91 Å². The van der Waals surface area contributed by atoms with E-state index in [9.17, 15) is 14.4 Å². The zero-order valence-electron chi connectivity index (χ0n) is 18.2. The van der Waals surface area contributed by atoms with Crippen LogP contribution in [0.4, 0.5) is 10.5 Å². The van der Waals surface area contributed by atoms with Gasteiger partial charge in [0.25, 0.3) is 0 Å². The van der Waals surface area contributed by atoms with Crippen molar-refractivity contribution in [3.8, 4) is 11.1 Å². The van der Waals surface area contributed by atoms with Crippen molar-refractivity contribution in [3.63, 3.8) is 0 Å². The molecule has 0 spiro atoms. The summed E-state index contributed by atoms with van der Waals surface area (Å²) in [5.74, 6) is -1.57. The highest BCUT2D eigenvalue weighted by molar-refractivity contribution is 5.96. The van der Waals surface area contributed by atoms with Crippen molar-refractivity contribution in [1.29, 1.82) is 0 Å². The summed E-state index contributed by atoms with van der Waals surface area (Å²) in [6, 6.07) is 17.7. The van der Waals surface area contributed by atoms with Crippen LogP contribution >= 0.6 is 0 Å². The van der Waals surface area contributed by atoms with Gasteiger partial charge in [0.05, 0.1) is 17.4 Å². The number of ether oxygens (including phenoxy) is 1. The molecule has 1 heterocycles. The molecule has 0 aliphatic heterocycles. The largest absolute Gasteiger partial charge is 0.478 e. The summed E-state index contributed by atoms with van der Waals surface area (Å²) in [6.45, 7) is 0.573.